The van der Waals surface area contributed by atoms with E-state index in [1.807, 2.05) is 0 Å². The maximum Gasteiger partial charge on any atom is 0.416 e. The van der Waals surface area contributed by atoms with E-state index < -0.39 is 17.7 Å². The lowest BCUT2D eigenvalue weighted by Crippen LogP contribution is -2.04. The van der Waals surface area contributed by atoms with E-state index in [1.165, 1.54) is 23.0 Å². The standard InChI is InChI=1S/C13H11F3N2O2/c1-2-18-7-10(12(19)20)11(17-18)8-3-5-9(6-4-8)13(14,15)16/h3-7H,2H2,1H3,(H,19,20). The molecule has 20 heavy (non-hydrogen) atoms. The molecule has 1 N–H and O–H groups in total. The van der Waals surface area contributed by atoms with Crippen LogP contribution in [-0.4, -0.2) is 20.9 Å². The molecule has 0 saturated heterocycles. The van der Waals surface area contributed by atoms with Crippen LogP contribution in [0.2, 0.25) is 0 Å². The number of halogens is 3. The Hall–Kier alpha value is -2.31. The van der Waals surface area contributed by atoms with Crippen molar-refractivity contribution < 1.29 is 23.1 Å². The fraction of sp³-hybridized carbons (Fsp3) is 0.231. The number of benzene rings is 1. The van der Waals surface area contributed by atoms with Crippen molar-refractivity contribution in [3.63, 3.8) is 0 Å². The molecule has 0 aliphatic rings. The number of aromatic nitrogens is 2. The lowest BCUT2D eigenvalue weighted by Gasteiger charge is -2.07. The third kappa shape index (κ3) is 2.66. The highest BCUT2D eigenvalue weighted by Crippen LogP contribution is 2.31. The molecule has 0 aliphatic heterocycles. The summed E-state index contributed by atoms with van der Waals surface area (Å²) >= 11 is 0. The molecule has 0 fully saturated rings. The van der Waals surface area contributed by atoms with Crippen LogP contribution in [-0.2, 0) is 12.7 Å². The molecule has 1 aromatic carbocycles. The third-order valence-electron chi connectivity index (χ3n) is 2.80. The first-order chi connectivity index (χ1) is 9.32. The highest BCUT2D eigenvalue weighted by atomic mass is 19.4. The summed E-state index contributed by atoms with van der Waals surface area (Å²) in [5.74, 6) is -1.17. The van der Waals surface area contributed by atoms with Gasteiger partial charge in [-0.1, -0.05) is 12.1 Å². The molecule has 0 radical (unpaired) electrons. The first-order valence-electron chi connectivity index (χ1n) is 5.81. The highest BCUT2D eigenvalue weighted by molar-refractivity contribution is 5.94. The van der Waals surface area contributed by atoms with Gasteiger partial charge in [-0.15, -0.1) is 0 Å². The second-order valence-electron chi connectivity index (χ2n) is 4.13. The zero-order valence-electron chi connectivity index (χ0n) is 10.5. The monoisotopic (exact) mass is 284 g/mol. The molecule has 2 aromatic rings. The van der Waals surface area contributed by atoms with E-state index in [2.05, 4.69) is 5.10 Å². The largest absolute Gasteiger partial charge is 0.478 e. The minimum atomic E-state index is -4.42. The van der Waals surface area contributed by atoms with Crippen LogP contribution in [0, 0.1) is 0 Å². The first kappa shape index (κ1) is 14.1. The molecule has 0 unspecified atom stereocenters. The van der Waals surface area contributed by atoms with Crippen LogP contribution >= 0.6 is 0 Å². The fourth-order valence-corrected chi connectivity index (χ4v) is 1.77. The zero-order valence-corrected chi connectivity index (χ0v) is 10.5. The number of rotatable bonds is 3. The summed E-state index contributed by atoms with van der Waals surface area (Å²) in [6.45, 7) is 2.26. The Balaban J connectivity index is 2.46. The lowest BCUT2D eigenvalue weighted by molar-refractivity contribution is -0.137. The van der Waals surface area contributed by atoms with E-state index in [0.29, 0.717) is 12.1 Å². The number of carbonyl (C=O) groups is 1. The van der Waals surface area contributed by atoms with Gasteiger partial charge >= 0.3 is 12.1 Å². The van der Waals surface area contributed by atoms with Crippen LogP contribution in [0.4, 0.5) is 13.2 Å². The molecule has 0 aliphatic carbocycles. The summed E-state index contributed by atoms with van der Waals surface area (Å²) in [6.07, 6.45) is -3.06. The molecule has 106 valence electrons. The van der Waals surface area contributed by atoms with Gasteiger partial charge in [0.1, 0.15) is 11.3 Å². The van der Waals surface area contributed by atoms with Gasteiger partial charge in [-0.3, -0.25) is 4.68 Å². The van der Waals surface area contributed by atoms with E-state index in [1.54, 1.807) is 6.92 Å². The Morgan fingerprint density at radius 1 is 1.30 bits per heavy atom. The predicted octanol–water partition coefficient (Wildman–Crippen LogP) is 3.29. The topological polar surface area (TPSA) is 55.1 Å². The van der Waals surface area contributed by atoms with Gasteiger partial charge in [-0.2, -0.15) is 18.3 Å². The molecule has 0 saturated carbocycles. The van der Waals surface area contributed by atoms with E-state index in [0.717, 1.165) is 12.1 Å². The number of hydrogen-bond acceptors (Lipinski definition) is 2. The van der Waals surface area contributed by atoms with Crippen molar-refractivity contribution in [2.75, 3.05) is 0 Å². The quantitative estimate of drug-likeness (QED) is 0.941. The molecule has 0 amide bonds. The number of carboxylic acids is 1. The molecule has 2 rings (SSSR count). The Bertz CT molecular complexity index is 630. The van der Waals surface area contributed by atoms with Gasteiger partial charge in [0.15, 0.2) is 0 Å². The van der Waals surface area contributed by atoms with E-state index in [-0.39, 0.29) is 11.3 Å². The second-order valence-corrected chi connectivity index (χ2v) is 4.13. The highest BCUT2D eigenvalue weighted by Gasteiger charge is 2.30. The van der Waals surface area contributed by atoms with Crippen LogP contribution in [0.3, 0.4) is 0 Å². The Labute approximate surface area is 112 Å². The van der Waals surface area contributed by atoms with Gasteiger partial charge < -0.3 is 5.11 Å². The van der Waals surface area contributed by atoms with Gasteiger partial charge in [0.2, 0.25) is 0 Å². The number of nitrogens with zero attached hydrogens (tertiary/aromatic N) is 2. The molecule has 1 aromatic heterocycles. The van der Waals surface area contributed by atoms with Gasteiger partial charge in [0.05, 0.1) is 5.56 Å². The summed E-state index contributed by atoms with van der Waals surface area (Å²) < 4.78 is 38.9. The average molecular weight is 284 g/mol. The number of carboxylic acid groups (broad SMARTS) is 1. The lowest BCUT2D eigenvalue weighted by atomic mass is 10.1. The average Bonchev–Trinajstić information content (AvgIpc) is 2.82. The van der Waals surface area contributed by atoms with Gasteiger partial charge in [0.25, 0.3) is 0 Å². The number of alkyl halides is 3. The zero-order chi connectivity index (χ0) is 14.9. The molecule has 4 nitrogen and oxygen atoms in total. The van der Waals surface area contributed by atoms with E-state index in [4.69, 9.17) is 5.11 Å². The summed E-state index contributed by atoms with van der Waals surface area (Å²) in [5.41, 5.74) is -0.324. The normalized spacial score (nSPS) is 11.6. The van der Waals surface area contributed by atoms with Gasteiger partial charge in [-0.05, 0) is 19.1 Å². The maximum absolute atomic E-state index is 12.5. The van der Waals surface area contributed by atoms with Crippen molar-refractivity contribution in [2.45, 2.75) is 19.6 Å². The maximum atomic E-state index is 12.5. The number of aryl methyl sites for hydroxylation is 1. The van der Waals surface area contributed by atoms with Crippen LogP contribution < -0.4 is 0 Å². The SMILES string of the molecule is CCn1cc(C(=O)O)c(-c2ccc(C(F)(F)F)cc2)n1. The second kappa shape index (κ2) is 4.99. The van der Waals surface area contributed by atoms with Crippen molar-refractivity contribution in [3.05, 3.63) is 41.6 Å². The Morgan fingerprint density at radius 3 is 2.35 bits per heavy atom. The van der Waals surface area contributed by atoms with Crippen molar-refractivity contribution in [1.29, 1.82) is 0 Å². The summed E-state index contributed by atoms with van der Waals surface area (Å²) in [5, 5.41) is 13.2. The molecule has 0 spiro atoms. The van der Waals surface area contributed by atoms with Gasteiger partial charge in [-0.25, -0.2) is 4.79 Å². The molecule has 0 bridgehead atoms. The number of hydrogen-bond donors (Lipinski definition) is 1. The smallest absolute Gasteiger partial charge is 0.416 e. The summed E-state index contributed by atoms with van der Waals surface area (Å²) in [7, 11) is 0. The van der Waals surface area contributed by atoms with Gasteiger partial charge in [0, 0.05) is 18.3 Å². The van der Waals surface area contributed by atoms with Crippen molar-refractivity contribution in [2.24, 2.45) is 0 Å². The summed E-state index contributed by atoms with van der Waals surface area (Å²) in [6, 6.07) is 4.26. The van der Waals surface area contributed by atoms with Crippen LogP contribution in [0.5, 0.6) is 0 Å². The summed E-state index contributed by atoms with van der Waals surface area (Å²) in [4.78, 5) is 11.1. The minimum absolute atomic E-state index is 0.0355. The van der Waals surface area contributed by atoms with Crippen LogP contribution in [0.15, 0.2) is 30.5 Å². The number of aromatic carboxylic acids is 1. The van der Waals surface area contributed by atoms with Crippen LogP contribution in [0.25, 0.3) is 11.3 Å². The molecule has 0 atom stereocenters. The molecule has 1 heterocycles. The first-order valence-corrected chi connectivity index (χ1v) is 5.81. The van der Waals surface area contributed by atoms with Crippen LogP contribution in [0.1, 0.15) is 22.8 Å². The van der Waals surface area contributed by atoms with Crippen molar-refractivity contribution in [1.82, 2.24) is 9.78 Å². The van der Waals surface area contributed by atoms with E-state index in [9.17, 15) is 18.0 Å². The predicted molar refractivity (Wildman–Crippen MR) is 65.3 cm³/mol. The van der Waals surface area contributed by atoms with E-state index >= 15 is 0 Å². The molecular formula is C13H11F3N2O2. The Morgan fingerprint density at radius 2 is 1.90 bits per heavy atom. The minimum Gasteiger partial charge on any atom is -0.478 e. The molecule has 7 heteroatoms. The van der Waals surface area contributed by atoms with Crippen molar-refractivity contribution >= 4 is 5.97 Å². The Kier molecular flexibility index (Phi) is 3.52. The fourth-order valence-electron chi connectivity index (χ4n) is 1.77. The van der Waals surface area contributed by atoms with Crippen molar-refractivity contribution in [3.8, 4) is 11.3 Å². The third-order valence-corrected chi connectivity index (χ3v) is 2.80. The molecular weight excluding hydrogens is 273 g/mol.